The number of sulfone groups is 1. The summed E-state index contributed by atoms with van der Waals surface area (Å²) in [5.41, 5.74) is -1.37. The molecule has 0 aliphatic carbocycles. The third-order valence-electron chi connectivity index (χ3n) is 4.10. The third kappa shape index (κ3) is 3.64. The van der Waals surface area contributed by atoms with E-state index in [2.05, 4.69) is 15.2 Å². The molecule has 0 N–H and O–H groups in total. The van der Waals surface area contributed by atoms with Gasteiger partial charge in [0.2, 0.25) is 6.10 Å². The maximum Gasteiger partial charge on any atom is 0.434 e. The van der Waals surface area contributed by atoms with E-state index < -0.39 is 38.5 Å². The van der Waals surface area contributed by atoms with Crippen LogP contribution in [0, 0.1) is 0 Å². The van der Waals surface area contributed by atoms with Crippen LogP contribution in [0.4, 0.5) is 13.2 Å². The molecular formula is C16H13F3N4O5S. The fourth-order valence-corrected chi connectivity index (χ4v) is 4.18. The number of fused-ring (bicyclic) bond motifs is 1. The molecule has 1 aliphatic heterocycles. The molecule has 0 fully saturated rings. The number of para-hydroxylation sites is 2. The van der Waals surface area contributed by atoms with Crippen molar-refractivity contribution in [2.75, 3.05) is 6.61 Å². The van der Waals surface area contributed by atoms with Crippen LogP contribution in [0.2, 0.25) is 0 Å². The first-order chi connectivity index (χ1) is 13.6. The molecule has 1 aromatic carbocycles. The molecule has 1 aliphatic rings. The van der Waals surface area contributed by atoms with Gasteiger partial charge in [-0.15, -0.1) is 0 Å². The average Bonchev–Trinajstić information content (AvgIpc) is 3.27. The predicted molar refractivity (Wildman–Crippen MR) is 88.7 cm³/mol. The molecule has 2 aromatic heterocycles. The molecule has 3 heterocycles. The number of benzene rings is 1. The molecule has 0 amide bonds. The number of ether oxygens (including phenoxy) is 2. The lowest BCUT2D eigenvalue weighted by Crippen LogP contribution is -2.22. The van der Waals surface area contributed by atoms with Crippen LogP contribution in [0.3, 0.4) is 0 Å². The van der Waals surface area contributed by atoms with Crippen LogP contribution in [0.25, 0.3) is 0 Å². The second kappa shape index (κ2) is 6.76. The first-order valence-corrected chi connectivity index (χ1v) is 9.83. The number of aromatic nitrogens is 4. The smallest absolute Gasteiger partial charge is 0.434 e. The molecule has 0 bridgehead atoms. The monoisotopic (exact) mass is 430 g/mol. The van der Waals surface area contributed by atoms with E-state index in [0.717, 1.165) is 7.05 Å². The predicted octanol–water partition coefficient (Wildman–Crippen LogP) is 2.31. The van der Waals surface area contributed by atoms with Crippen LogP contribution in [-0.2, 0) is 28.8 Å². The lowest BCUT2D eigenvalue weighted by Gasteiger charge is -2.23. The summed E-state index contributed by atoms with van der Waals surface area (Å²) in [4.78, 5) is 2.99. The van der Waals surface area contributed by atoms with Crippen LogP contribution < -0.4 is 9.47 Å². The van der Waals surface area contributed by atoms with Gasteiger partial charge in [0, 0.05) is 7.05 Å². The first kappa shape index (κ1) is 19.2. The quantitative estimate of drug-likeness (QED) is 0.620. The van der Waals surface area contributed by atoms with Crippen molar-refractivity contribution in [2.45, 2.75) is 22.9 Å². The Bertz CT molecular complexity index is 1160. The molecule has 0 saturated heterocycles. The van der Waals surface area contributed by atoms with Gasteiger partial charge in [-0.3, -0.25) is 4.68 Å². The fourth-order valence-electron chi connectivity index (χ4n) is 2.81. The summed E-state index contributed by atoms with van der Waals surface area (Å²) in [6.45, 7) is 0.0478. The Kier molecular flexibility index (Phi) is 4.48. The second-order valence-corrected chi connectivity index (χ2v) is 8.11. The highest BCUT2D eigenvalue weighted by molar-refractivity contribution is 7.90. The van der Waals surface area contributed by atoms with Gasteiger partial charge in [0.25, 0.3) is 5.89 Å². The van der Waals surface area contributed by atoms with Crippen LogP contribution in [-0.4, -0.2) is 34.9 Å². The van der Waals surface area contributed by atoms with Crippen molar-refractivity contribution in [3.8, 4) is 11.5 Å². The van der Waals surface area contributed by atoms with Crippen molar-refractivity contribution in [3.63, 3.8) is 0 Å². The highest BCUT2D eigenvalue weighted by Gasteiger charge is 2.41. The van der Waals surface area contributed by atoms with Gasteiger partial charge in [-0.25, -0.2) is 8.42 Å². The molecule has 1 atom stereocenters. The van der Waals surface area contributed by atoms with Crippen LogP contribution in [0.1, 0.15) is 23.5 Å². The van der Waals surface area contributed by atoms with E-state index in [4.69, 9.17) is 14.0 Å². The first-order valence-electron chi connectivity index (χ1n) is 8.18. The zero-order valence-electron chi connectivity index (χ0n) is 14.8. The highest BCUT2D eigenvalue weighted by atomic mass is 32.2. The van der Waals surface area contributed by atoms with E-state index in [-0.39, 0.29) is 18.3 Å². The molecule has 154 valence electrons. The summed E-state index contributed by atoms with van der Waals surface area (Å²) in [7, 11) is -3.43. The van der Waals surface area contributed by atoms with Crippen molar-refractivity contribution < 1.29 is 35.6 Å². The summed E-state index contributed by atoms with van der Waals surface area (Å²) in [5, 5.41) is 6.96. The Hall–Kier alpha value is -3.09. The van der Waals surface area contributed by atoms with Crippen molar-refractivity contribution in [1.82, 2.24) is 19.9 Å². The van der Waals surface area contributed by atoms with Gasteiger partial charge in [-0.05, 0) is 12.1 Å². The minimum atomic E-state index is -4.89. The number of nitrogens with zero attached hydrogens (tertiary/aromatic N) is 4. The van der Waals surface area contributed by atoms with Gasteiger partial charge in [0.15, 0.2) is 32.9 Å². The number of halogens is 3. The molecule has 4 rings (SSSR count). The largest absolute Gasteiger partial charge is 0.485 e. The Balaban J connectivity index is 1.56. The second-order valence-electron chi connectivity index (χ2n) is 6.15. The Labute approximate surface area is 162 Å². The van der Waals surface area contributed by atoms with E-state index in [9.17, 15) is 21.6 Å². The van der Waals surface area contributed by atoms with Crippen molar-refractivity contribution in [2.24, 2.45) is 7.05 Å². The van der Waals surface area contributed by atoms with E-state index in [1.807, 2.05) is 0 Å². The van der Waals surface area contributed by atoms with Crippen molar-refractivity contribution in [3.05, 3.63) is 47.9 Å². The zero-order chi connectivity index (χ0) is 20.8. The Morgan fingerprint density at radius 1 is 1.24 bits per heavy atom. The number of aryl methyl sites for hydroxylation is 1. The minimum absolute atomic E-state index is 0.0478. The van der Waals surface area contributed by atoms with Gasteiger partial charge in [-0.2, -0.15) is 23.3 Å². The van der Waals surface area contributed by atoms with Gasteiger partial charge < -0.3 is 14.0 Å². The highest BCUT2D eigenvalue weighted by Crippen LogP contribution is 2.36. The molecule has 1 unspecified atom stereocenters. The molecular weight excluding hydrogens is 417 g/mol. The molecule has 29 heavy (non-hydrogen) atoms. The summed E-state index contributed by atoms with van der Waals surface area (Å²) >= 11 is 0. The zero-order valence-corrected chi connectivity index (χ0v) is 15.6. The maximum absolute atomic E-state index is 13.2. The van der Waals surface area contributed by atoms with E-state index >= 15 is 0 Å². The van der Waals surface area contributed by atoms with Crippen molar-refractivity contribution >= 4 is 9.84 Å². The number of hydrogen-bond acceptors (Lipinski definition) is 8. The number of hydrogen-bond donors (Lipinski definition) is 0. The Morgan fingerprint density at radius 2 is 1.97 bits per heavy atom. The lowest BCUT2D eigenvalue weighted by molar-refractivity contribution is -0.146. The van der Waals surface area contributed by atoms with E-state index in [1.165, 1.54) is 0 Å². The van der Waals surface area contributed by atoms with Gasteiger partial charge in [0.1, 0.15) is 17.3 Å². The molecule has 0 saturated carbocycles. The average molecular weight is 430 g/mol. The summed E-state index contributed by atoms with van der Waals surface area (Å²) in [6, 6.07) is 6.89. The molecule has 0 radical (unpaired) electrons. The molecule has 3 aromatic rings. The van der Waals surface area contributed by atoms with Crippen LogP contribution >= 0.6 is 0 Å². The van der Waals surface area contributed by atoms with Gasteiger partial charge >= 0.3 is 6.18 Å². The topological polar surface area (TPSA) is 109 Å². The fraction of sp³-hybridized carbons (Fsp3) is 0.312. The lowest BCUT2D eigenvalue weighted by atomic mass is 10.2. The molecule has 0 spiro atoms. The van der Waals surface area contributed by atoms with Gasteiger partial charge in [0.05, 0.1) is 6.20 Å². The standard InChI is InChI=1S/C16H13F3N4O5S/c1-23-14(16(17,18)19)12(6-20-23)29(24,25)8-13-21-15(28-22-13)11-7-26-9-4-2-3-5-10(9)27-11/h2-6,11H,7-8H2,1H3. The van der Waals surface area contributed by atoms with Crippen LogP contribution in [0.5, 0.6) is 11.5 Å². The summed E-state index contributed by atoms with van der Waals surface area (Å²) in [5.74, 6) is -0.273. The SMILES string of the molecule is Cn1ncc(S(=O)(=O)Cc2noc(C3COc4ccccc4O3)n2)c1C(F)(F)F. The third-order valence-corrected chi connectivity index (χ3v) is 5.70. The van der Waals surface area contributed by atoms with E-state index in [0.29, 0.717) is 22.4 Å². The van der Waals surface area contributed by atoms with Crippen molar-refractivity contribution in [1.29, 1.82) is 0 Å². The van der Waals surface area contributed by atoms with Crippen LogP contribution in [0.15, 0.2) is 39.9 Å². The normalized spacial score (nSPS) is 16.8. The number of alkyl halides is 3. The Morgan fingerprint density at radius 3 is 2.69 bits per heavy atom. The molecule has 9 nitrogen and oxygen atoms in total. The number of rotatable bonds is 4. The minimum Gasteiger partial charge on any atom is -0.485 e. The molecule has 13 heteroatoms. The van der Waals surface area contributed by atoms with Gasteiger partial charge in [-0.1, -0.05) is 17.3 Å². The summed E-state index contributed by atoms with van der Waals surface area (Å²) in [6.07, 6.45) is -5.02. The van der Waals surface area contributed by atoms with E-state index in [1.54, 1.807) is 24.3 Å². The summed E-state index contributed by atoms with van der Waals surface area (Å²) < 4.78 is 81.2. The maximum atomic E-state index is 13.2.